The number of para-hydroxylation sites is 2. The van der Waals surface area contributed by atoms with Crippen molar-refractivity contribution in [3.8, 4) is 0 Å². The van der Waals surface area contributed by atoms with Crippen LogP contribution in [0.5, 0.6) is 0 Å². The Labute approximate surface area is 179 Å². The quantitative estimate of drug-likeness (QED) is 0.637. The number of H-pyrrole nitrogens is 1. The normalized spacial score (nSPS) is 20.4. The molecule has 0 spiro atoms. The number of rotatable bonds is 4. The third kappa shape index (κ3) is 4.06. The van der Waals surface area contributed by atoms with Gasteiger partial charge in [0, 0.05) is 18.7 Å². The van der Waals surface area contributed by atoms with E-state index in [0.29, 0.717) is 5.52 Å². The van der Waals surface area contributed by atoms with Crippen LogP contribution >= 0.6 is 11.6 Å². The number of aromatic amines is 1. The average Bonchev–Trinajstić information content (AvgIpc) is 3.09. The Hall–Kier alpha value is -2.46. The number of nitrogens with zero attached hydrogens (tertiary/aromatic N) is 2. The summed E-state index contributed by atoms with van der Waals surface area (Å²) in [6.45, 7) is 4.07. The van der Waals surface area contributed by atoms with Crippen LogP contribution < -0.4 is 5.32 Å². The van der Waals surface area contributed by atoms with Crippen LogP contribution in [0.2, 0.25) is 5.02 Å². The first-order valence-electron chi connectivity index (χ1n) is 9.45. The Balaban J connectivity index is 1.61. The van der Waals surface area contributed by atoms with E-state index >= 15 is 0 Å². The summed E-state index contributed by atoms with van der Waals surface area (Å²) in [4.78, 5) is 19.9. The number of sulfonamides is 1. The van der Waals surface area contributed by atoms with Gasteiger partial charge in [-0.1, -0.05) is 23.7 Å². The van der Waals surface area contributed by atoms with E-state index in [1.54, 1.807) is 0 Å². The van der Waals surface area contributed by atoms with Gasteiger partial charge in [0.2, 0.25) is 16.0 Å². The van der Waals surface area contributed by atoms with Crippen LogP contribution in [-0.4, -0.2) is 53.9 Å². The minimum atomic E-state index is -3.89. The molecule has 30 heavy (non-hydrogen) atoms. The number of hydrogen-bond donors (Lipinski definition) is 2. The highest BCUT2D eigenvalue weighted by Gasteiger charge is 2.33. The van der Waals surface area contributed by atoms with Crippen LogP contribution in [0, 0.1) is 0 Å². The van der Waals surface area contributed by atoms with Gasteiger partial charge in [-0.3, -0.25) is 10.1 Å². The molecule has 2 heterocycles. The molecule has 2 N–H and O–H groups in total. The predicted molar refractivity (Wildman–Crippen MR) is 114 cm³/mol. The molecule has 2 atom stereocenters. The van der Waals surface area contributed by atoms with Crippen molar-refractivity contribution in [2.75, 3.05) is 18.4 Å². The van der Waals surface area contributed by atoms with Gasteiger partial charge in [0.15, 0.2) is 0 Å². The number of amides is 1. The van der Waals surface area contributed by atoms with Gasteiger partial charge in [-0.2, -0.15) is 4.31 Å². The number of hydrogen-bond acceptors (Lipinski definition) is 5. The number of ether oxygens (including phenoxy) is 1. The largest absolute Gasteiger partial charge is 0.373 e. The lowest BCUT2D eigenvalue weighted by Gasteiger charge is -2.34. The van der Waals surface area contributed by atoms with Crippen molar-refractivity contribution in [1.29, 1.82) is 0 Å². The summed E-state index contributed by atoms with van der Waals surface area (Å²) in [5.74, 6) is -0.220. The maximum absolute atomic E-state index is 13.2. The number of fused-ring (bicyclic) bond motifs is 1. The van der Waals surface area contributed by atoms with Gasteiger partial charge in [-0.05, 0) is 44.2 Å². The highest BCUT2D eigenvalue weighted by Crippen LogP contribution is 2.28. The van der Waals surface area contributed by atoms with Crippen molar-refractivity contribution < 1.29 is 17.9 Å². The molecule has 1 aliphatic rings. The number of anilines is 1. The van der Waals surface area contributed by atoms with Crippen LogP contribution in [0.4, 0.5) is 5.95 Å². The second-order valence-corrected chi connectivity index (χ2v) is 9.59. The minimum absolute atomic E-state index is 0.0575. The van der Waals surface area contributed by atoms with Crippen molar-refractivity contribution in [3.05, 3.63) is 53.1 Å². The third-order valence-electron chi connectivity index (χ3n) is 4.82. The van der Waals surface area contributed by atoms with E-state index in [0.717, 1.165) is 5.52 Å². The zero-order valence-electron chi connectivity index (χ0n) is 16.4. The Morgan fingerprint density at radius 1 is 1.20 bits per heavy atom. The molecule has 1 fully saturated rings. The van der Waals surface area contributed by atoms with E-state index in [1.807, 2.05) is 38.1 Å². The Kier molecular flexibility index (Phi) is 5.54. The molecule has 0 unspecified atom stereocenters. The summed E-state index contributed by atoms with van der Waals surface area (Å²) in [6.07, 6.45) is -0.469. The molecular formula is C20H21ClN4O4S. The van der Waals surface area contributed by atoms with E-state index in [1.165, 1.54) is 22.5 Å². The van der Waals surface area contributed by atoms with E-state index in [-0.39, 0.29) is 46.7 Å². The smallest absolute Gasteiger partial charge is 0.258 e. The highest BCUT2D eigenvalue weighted by molar-refractivity contribution is 7.89. The van der Waals surface area contributed by atoms with E-state index in [9.17, 15) is 13.2 Å². The van der Waals surface area contributed by atoms with Gasteiger partial charge in [-0.25, -0.2) is 13.4 Å². The number of carbonyl (C=O) groups is 1. The molecule has 10 heteroatoms. The molecule has 1 saturated heterocycles. The molecule has 2 aromatic carbocycles. The van der Waals surface area contributed by atoms with Crippen molar-refractivity contribution in [1.82, 2.24) is 14.3 Å². The summed E-state index contributed by atoms with van der Waals surface area (Å²) >= 11 is 6.20. The minimum Gasteiger partial charge on any atom is -0.373 e. The lowest BCUT2D eigenvalue weighted by atomic mass is 10.2. The van der Waals surface area contributed by atoms with Crippen molar-refractivity contribution in [2.24, 2.45) is 0 Å². The summed E-state index contributed by atoms with van der Waals surface area (Å²) in [5.41, 5.74) is 1.65. The lowest BCUT2D eigenvalue weighted by Crippen LogP contribution is -2.48. The van der Waals surface area contributed by atoms with Crippen LogP contribution in [0.1, 0.15) is 24.2 Å². The second kappa shape index (κ2) is 7.99. The van der Waals surface area contributed by atoms with E-state index in [2.05, 4.69) is 15.3 Å². The lowest BCUT2D eigenvalue weighted by molar-refractivity contribution is -0.0440. The van der Waals surface area contributed by atoms with Gasteiger partial charge in [0.05, 0.1) is 28.3 Å². The number of morpholine rings is 1. The summed E-state index contributed by atoms with van der Waals surface area (Å²) < 4.78 is 33.3. The number of nitrogens with one attached hydrogen (secondary N) is 2. The summed E-state index contributed by atoms with van der Waals surface area (Å²) in [6, 6.07) is 11.5. The molecular weight excluding hydrogens is 428 g/mol. The van der Waals surface area contributed by atoms with Gasteiger partial charge < -0.3 is 9.72 Å². The first kappa shape index (κ1) is 20.8. The first-order chi connectivity index (χ1) is 14.2. The molecule has 8 nitrogen and oxygen atoms in total. The molecule has 3 aromatic rings. The van der Waals surface area contributed by atoms with E-state index in [4.69, 9.17) is 16.3 Å². The van der Waals surface area contributed by atoms with Crippen molar-refractivity contribution >= 4 is 44.5 Å². The van der Waals surface area contributed by atoms with Crippen LogP contribution in [0.3, 0.4) is 0 Å². The average molecular weight is 449 g/mol. The number of aromatic nitrogens is 2. The molecule has 0 bridgehead atoms. The second-order valence-electron chi connectivity index (χ2n) is 7.28. The zero-order chi connectivity index (χ0) is 21.5. The van der Waals surface area contributed by atoms with Crippen molar-refractivity contribution in [2.45, 2.75) is 31.0 Å². The predicted octanol–water partition coefficient (Wildman–Crippen LogP) is 3.27. The van der Waals surface area contributed by atoms with E-state index < -0.39 is 15.9 Å². The first-order valence-corrected chi connectivity index (χ1v) is 11.3. The number of carbonyl (C=O) groups excluding carboxylic acids is 1. The molecule has 1 amide bonds. The maximum atomic E-state index is 13.2. The molecule has 0 saturated carbocycles. The fourth-order valence-electron chi connectivity index (χ4n) is 3.50. The molecule has 0 aliphatic carbocycles. The molecule has 158 valence electrons. The fourth-order valence-corrected chi connectivity index (χ4v) is 5.59. The topological polar surface area (TPSA) is 104 Å². The SMILES string of the molecule is C[C@@H]1CN(S(=O)(=O)c2cc(C(=O)Nc3nc4ccccc4[nH]3)ccc2Cl)C[C@H](C)O1. The Morgan fingerprint density at radius 3 is 2.60 bits per heavy atom. The van der Waals surface area contributed by atoms with Gasteiger partial charge in [0.25, 0.3) is 5.91 Å². The van der Waals surface area contributed by atoms with Gasteiger partial charge in [-0.15, -0.1) is 0 Å². The summed E-state index contributed by atoms with van der Waals surface area (Å²) in [7, 11) is -3.89. The van der Waals surface area contributed by atoms with Crippen LogP contribution in [-0.2, 0) is 14.8 Å². The van der Waals surface area contributed by atoms with Crippen LogP contribution in [0.15, 0.2) is 47.4 Å². The maximum Gasteiger partial charge on any atom is 0.258 e. The number of imidazole rings is 1. The van der Waals surface area contributed by atoms with Crippen molar-refractivity contribution in [3.63, 3.8) is 0 Å². The molecule has 1 aliphatic heterocycles. The third-order valence-corrected chi connectivity index (χ3v) is 7.13. The number of halogens is 1. The fraction of sp³-hybridized carbons (Fsp3) is 0.300. The molecule has 0 radical (unpaired) electrons. The van der Waals surface area contributed by atoms with Gasteiger partial charge in [0.1, 0.15) is 4.90 Å². The molecule has 4 rings (SSSR count). The number of benzene rings is 2. The zero-order valence-corrected chi connectivity index (χ0v) is 18.0. The summed E-state index contributed by atoms with van der Waals surface area (Å²) in [5, 5.41) is 2.72. The van der Waals surface area contributed by atoms with Gasteiger partial charge >= 0.3 is 0 Å². The monoisotopic (exact) mass is 448 g/mol. The highest BCUT2D eigenvalue weighted by atomic mass is 35.5. The Bertz CT molecular complexity index is 1170. The van der Waals surface area contributed by atoms with Crippen LogP contribution in [0.25, 0.3) is 11.0 Å². The standard InChI is InChI=1S/C20H21ClN4O4S/c1-12-10-25(11-13(2)29-12)30(27,28)18-9-14(7-8-15(18)21)19(26)24-20-22-16-5-3-4-6-17(16)23-20/h3-9,12-13H,10-11H2,1-2H3,(H2,22,23,24,26)/t12-,13+. The Morgan fingerprint density at radius 2 is 1.90 bits per heavy atom. The molecule has 1 aromatic heterocycles.